The molecular formula is C29H28O10. The van der Waals surface area contributed by atoms with E-state index in [1.54, 1.807) is 42.5 Å². The largest absolute Gasteiger partial charge is 0.504 e. The van der Waals surface area contributed by atoms with Crippen LogP contribution in [0.3, 0.4) is 0 Å². The van der Waals surface area contributed by atoms with Crippen LogP contribution in [0.4, 0.5) is 0 Å². The fourth-order valence-corrected chi connectivity index (χ4v) is 7.01. The summed E-state index contributed by atoms with van der Waals surface area (Å²) in [6.07, 6.45) is -0.503. The van der Waals surface area contributed by atoms with Crippen LogP contribution in [0.25, 0.3) is 0 Å². The van der Waals surface area contributed by atoms with Crippen LogP contribution in [0.1, 0.15) is 54.9 Å². The summed E-state index contributed by atoms with van der Waals surface area (Å²) >= 11 is 0. The molecule has 2 bridgehead atoms. The van der Waals surface area contributed by atoms with Crippen molar-refractivity contribution in [2.75, 3.05) is 0 Å². The summed E-state index contributed by atoms with van der Waals surface area (Å²) in [5.41, 5.74) is 0.00194. The number of carbonyl (C=O) groups is 3. The number of phenolic OH excluding ortho intramolecular Hbond substituents is 1. The van der Waals surface area contributed by atoms with E-state index in [0.717, 1.165) is 24.0 Å². The van der Waals surface area contributed by atoms with E-state index in [4.69, 9.17) is 19.3 Å². The smallest absolute Gasteiger partial charge is 0.357 e. The maximum Gasteiger partial charge on any atom is 0.357 e. The van der Waals surface area contributed by atoms with Crippen molar-refractivity contribution >= 4 is 17.9 Å². The third-order valence-corrected chi connectivity index (χ3v) is 8.69. The number of aliphatic carboxylic acids is 1. The summed E-state index contributed by atoms with van der Waals surface area (Å²) in [6.45, 7) is 0. The number of carboxylic acid groups (broad SMARTS) is 1. The molecule has 1 heterocycles. The number of aliphatic hydroxyl groups excluding tert-OH is 1. The Bertz CT molecular complexity index is 1380. The van der Waals surface area contributed by atoms with Gasteiger partial charge >= 0.3 is 17.9 Å². The zero-order valence-electron chi connectivity index (χ0n) is 20.9. The lowest BCUT2D eigenvalue weighted by atomic mass is 9.47. The van der Waals surface area contributed by atoms with E-state index in [9.17, 15) is 29.7 Å². The molecular weight excluding hydrogens is 508 g/mol. The number of aromatic hydroxyl groups is 1. The molecule has 0 saturated heterocycles. The fourth-order valence-electron chi connectivity index (χ4n) is 7.01. The Kier molecular flexibility index (Phi) is 5.92. The zero-order valence-corrected chi connectivity index (χ0v) is 20.9. The van der Waals surface area contributed by atoms with Crippen molar-refractivity contribution in [1.82, 2.24) is 0 Å². The van der Waals surface area contributed by atoms with E-state index in [2.05, 4.69) is 0 Å². The van der Waals surface area contributed by atoms with E-state index in [0.29, 0.717) is 12.8 Å². The fraction of sp³-hybridized carbons (Fsp3) is 0.414. The van der Waals surface area contributed by atoms with Crippen LogP contribution >= 0.6 is 0 Å². The second-order valence-corrected chi connectivity index (χ2v) is 10.7. The van der Waals surface area contributed by atoms with E-state index in [1.165, 1.54) is 0 Å². The predicted octanol–water partition coefficient (Wildman–Crippen LogP) is 2.43. The van der Waals surface area contributed by atoms with Gasteiger partial charge in [0.2, 0.25) is 6.10 Å². The van der Waals surface area contributed by atoms with Gasteiger partial charge in [0.05, 0.1) is 17.4 Å². The second kappa shape index (κ2) is 9.10. The molecule has 10 nitrogen and oxygen atoms in total. The van der Waals surface area contributed by atoms with Gasteiger partial charge in [-0.2, -0.15) is 0 Å². The van der Waals surface area contributed by atoms with Crippen molar-refractivity contribution in [2.45, 2.75) is 67.9 Å². The summed E-state index contributed by atoms with van der Waals surface area (Å²) in [6, 6.07) is 11.5. The molecule has 4 aliphatic rings. The molecule has 1 aliphatic heterocycles. The lowest BCUT2D eigenvalue weighted by molar-refractivity contribution is -0.174. The first-order valence-corrected chi connectivity index (χ1v) is 13.0. The molecule has 1 spiro atoms. The Morgan fingerprint density at radius 3 is 2.64 bits per heavy atom. The quantitative estimate of drug-likeness (QED) is 0.387. The standard InChI is InChI=1S/C29H28O10/c30-18-9-8-16-13-17-7-4-11-28-22(16)24(18)39-25(28)20(10-12-29(17,28)36)37-27(35)23(15-5-2-1-3-6-15)38-21(32)14-19(31)26(33)34/h1-3,5-6,8-10,17,19,23,25,30-31,36H,4,7,11-14H2,(H,33,34)/t17-,19+,23+,25+,28+,29-/m1/s1. The van der Waals surface area contributed by atoms with Crippen LogP contribution in [0.15, 0.2) is 54.3 Å². The van der Waals surface area contributed by atoms with Crippen LogP contribution in [0.5, 0.6) is 11.5 Å². The molecule has 0 aromatic heterocycles. The molecule has 204 valence electrons. The highest BCUT2D eigenvalue weighted by molar-refractivity contribution is 5.84. The number of carboxylic acids is 1. The Labute approximate surface area is 223 Å². The highest BCUT2D eigenvalue weighted by atomic mass is 16.6. The monoisotopic (exact) mass is 536 g/mol. The molecule has 39 heavy (non-hydrogen) atoms. The summed E-state index contributed by atoms with van der Waals surface area (Å²) < 4.78 is 17.4. The number of rotatable bonds is 7. The maximum absolute atomic E-state index is 13.5. The molecule has 0 amide bonds. The van der Waals surface area contributed by atoms with Gasteiger partial charge in [0.25, 0.3) is 0 Å². The average Bonchev–Trinajstić information content (AvgIpc) is 3.26. The topological polar surface area (TPSA) is 160 Å². The van der Waals surface area contributed by atoms with Gasteiger partial charge in [0.15, 0.2) is 23.7 Å². The number of carbonyl (C=O) groups excluding carboxylic acids is 2. The number of esters is 2. The van der Waals surface area contributed by atoms with Gasteiger partial charge in [-0.3, -0.25) is 4.79 Å². The number of phenols is 1. The van der Waals surface area contributed by atoms with Gasteiger partial charge < -0.3 is 34.6 Å². The Morgan fingerprint density at radius 1 is 1.13 bits per heavy atom. The van der Waals surface area contributed by atoms with Gasteiger partial charge in [0.1, 0.15) is 5.76 Å². The number of hydrogen-bond acceptors (Lipinski definition) is 9. The van der Waals surface area contributed by atoms with Crippen molar-refractivity contribution in [3.05, 3.63) is 71.0 Å². The highest BCUT2D eigenvalue weighted by Crippen LogP contribution is 2.67. The van der Waals surface area contributed by atoms with E-state index >= 15 is 0 Å². The normalized spacial score (nSPS) is 29.2. The Balaban J connectivity index is 1.33. The van der Waals surface area contributed by atoms with Gasteiger partial charge in [-0.15, -0.1) is 0 Å². The lowest BCUT2D eigenvalue weighted by Gasteiger charge is -2.59. The SMILES string of the molecule is O=C(C[C@H](O)C(=O)O)O[C@H](C(=O)OC1=CC[C@@]2(O)[C@@H]3CCC[C@@]24c2c(ccc(O)c2O[C@@H]14)C3)c1ccccc1. The summed E-state index contributed by atoms with van der Waals surface area (Å²) in [4.78, 5) is 36.9. The minimum atomic E-state index is -1.99. The molecule has 0 unspecified atom stereocenters. The highest BCUT2D eigenvalue weighted by Gasteiger charge is 2.71. The first-order chi connectivity index (χ1) is 18.7. The first-order valence-electron chi connectivity index (χ1n) is 13.0. The molecule has 2 aromatic rings. The van der Waals surface area contributed by atoms with Gasteiger partial charge in [-0.1, -0.05) is 42.8 Å². The minimum absolute atomic E-state index is 0.0208. The maximum atomic E-state index is 13.5. The molecule has 3 aliphatic carbocycles. The minimum Gasteiger partial charge on any atom is -0.504 e. The molecule has 6 atom stereocenters. The average molecular weight is 537 g/mol. The molecule has 0 radical (unpaired) electrons. The summed E-state index contributed by atoms with van der Waals surface area (Å²) in [5.74, 6) is -3.27. The summed E-state index contributed by atoms with van der Waals surface area (Å²) in [7, 11) is 0. The van der Waals surface area contributed by atoms with Crippen molar-refractivity contribution < 1.29 is 49.0 Å². The van der Waals surface area contributed by atoms with Gasteiger partial charge in [0, 0.05) is 11.1 Å². The lowest BCUT2D eigenvalue weighted by Crippen LogP contribution is -2.67. The molecule has 10 heteroatoms. The van der Waals surface area contributed by atoms with Crippen LogP contribution in [-0.2, 0) is 35.7 Å². The number of benzene rings is 2. The number of aliphatic hydroxyl groups is 2. The summed E-state index contributed by atoms with van der Waals surface area (Å²) in [5, 5.41) is 41.2. The number of ether oxygens (including phenoxy) is 3. The Morgan fingerprint density at radius 2 is 1.90 bits per heavy atom. The third-order valence-electron chi connectivity index (χ3n) is 8.69. The first kappa shape index (κ1) is 25.4. The molecule has 6 rings (SSSR count). The van der Waals surface area contributed by atoms with Crippen LogP contribution < -0.4 is 4.74 Å². The van der Waals surface area contributed by atoms with Gasteiger partial charge in [-0.25, -0.2) is 9.59 Å². The molecule has 1 fully saturated rings. The zero-order chi connectivity index (χ0) is 27.5. The van der Waals surface area contributed by atoms with E-state index in [-0.39, 0.29) is 35.2 Å². The van der Waals surface area contributed by atoms with Crippen molar-refractivity contribution in [2.24, 2.45) is 5.92 Å². The molecule has 4 N–H and O–H groups in total. The van der Waals surface area contributed by atoms with E-state index < -0.39 is 53.7 Å². The predicted molar refractivity (Wildman–Crippen MR) is 133 cm³/mol. The Hall–Kier alpha value is -3.89. The third kappa shape index (κ3) is 3.73. The van der Waals surface area contributed by atoms with Crippen LogP contribution in [0, 0.1) is 5.92 Å². The van der Waals surface area contributed by atoms with Gasteiger partial charge in [-0.05, 0) is 49.3 Å². The van der Waals surface area contributed by atoms with Crippen molar-refractivity contribution in [1.29, 1.82) is 0 Å². The van der Waals surface area contributed by atoms with E-state index in [1.807, 2.05) is 6.07 Å². The second-order valence-electron chi connectivity index (χ2n) is 10.7. The van der Waals surface area contributed by atoms with Crippen molar-refractivity contribution in [3.8, 4) is 11.5 Å². The molecule has 2 aromatic carbocycles. The molecule has 1 saturated carbocycles. The number of hydrogen-bond donors (Lipinski definition) is 4. The van der Waals surface area contributed by atoms with Crippen LogP contribution in [0.2, 0.25) is 0 Å². The van der Waals surface area contributed by atoms with Crippen LogP contribution in [-0.4, -0.2) is 56.1 Å². The van der Waals surface area contributed by atoms with Crippen molar-refractivity contribution in [3.63, 3.8) is 0 Å².